The van der Waals surface area contributed by atoms with Crippen molar-refractivity contribution in [2.45, 2.75) is 45.6 Å². The lowest BCUT2D eigenvalue weighted by molar-refractivity contribution is 0.176. The first kappa shape index (κ1) is 25.1. The third-order valence-corrected chi connectivity index (χ3v) is 6.60. The van der Waals surface area contributed by atoms with Gasteiger partial charge >= 0.3 is 0 Å². The molecule has 0 amide bonds. The van der Waals surface area contributed by atoms with E-state index in [0.29, 0.717) is 0 Å². The summed E-state index contributed by atoms with van der Waals surface area (Å²) in [5.74, 6) is 1.64. The smallest absolute Gasteiger partial charge is 0.190 e. The van der Waals surface area contributed by atoms with E-state index in [9.17, 15) is 0 Å². The molecule has 1 aliphatic heterocycles. The van der Waals surface area contributed by atoms with Gasteiger partial charge in [-0.05, 0) is 56.7 Å². The highest BCUT2D eigenvalue weighted by Gasteiger charge is 2.20. The average molecular weight is 542 g/mol. The second-order valence-electron chi connectivity index (χ2n) is 7.77. The number of likely N-dealkylation sites (tertiary alicyclic amines) is 1. The Morgan fingerprint density at radius 2 is 1.97 bits per heavy atom. The van der Waals surface area contributed by atoms with Crippen LogP contribution in [0.15, 0.2) is 40.7 Å². The molecule has 0 aliphatic carbocycles. The van der Waals surface area contributed by atoms with Crippen LogP contribution in [0.2, 0.25) is 0 Å². The molecule has 1 aromatic carbocycles. The van der Waals surface area contributed by atoms with Crippen molar-refractivity contribution in [1.82, 2.24) is 20.5 Å². The number of guanidine groups is 1. The van der Waals surface area contributed by atoms with Gasteiger partial charge in [-0.2, -0.15) is 0 Å². The highest BCUT2D eigenvalue weighted by Crippen LogP contribution is 2.19. The van der Waals surface area contributed by atoms with Crippen molar-refractivity contribution in [3.05, 3.63) is 52.0 Å². The number of halogens is 1. The molecule has 0 radical (unpaired) electrons. The van der Waals surface area contributed by atoms with E-state index in [-0.39, 0.29) is 24.0 Å². The summed E-state index contributed by atoms with van der Waals surface area (Å²) in [5, 5.41) is 10.4. The SMILES string of the molecule is CCc1nc(CN2CCC(CNC(=NC)NCCCc3ccccc3)CC2)cs1.I. The van der Waals surface area contributed by atoms with Gasteiger partial charge in [0.25, 0.3) is 0 Å². The Hall–Kier alpha value is -1.19. The fourth-order valence-electron chi connectivity index (χ4n) is 3.77. The van der Waals surface area contributed by atoms with Crippen LogP contribution >= 0.6 is 35.3 Å². The molecule has 1 aliphatic rings. The zero-order chi connectivity index (χ0) is 20.3. The predicted molar refractivity (Wildman–Crippen MR) is 139 cm³/mol. The van der Waals surface area contributed by atoms with Crippen molar-refractivity contribution in [1.29, 1.82) is 0 Å². The second-order valence-corrected chi connectivity index (χ2v) is 8.72. The number of nitrogens with one attached hydrogen (secondary N) is 2. The molecule has 0 bridgehead atoms. The third-order valence-electron chi connectivity index (χ3n) is 5.55. The Balaban J connectivity index is 0.00000320. The summed E-state index contributed by atoms with van der Waals surface area (Å²) < 4.78 is 0. The number of hydrogen-bond donors (Lipinski definition) is 2. The Labute approximate surface area is 202 Å². The Kier molecular flexibility index (Phi) is 11.7. The van der Waals surface area contributed by atoms with Crippen LogP contribution in [0, 0.1) is 5.92 Å². The van der Waals surface area contributed by atoms with Gasteiger partial charge in [0.1, 0.15) is 0 Å². The molecule has 7 heteroatoms. The molecule has 1 fully saturated rings. The number of aliphatic imine (C=N–C) groups is 1. The van der Waals surface area contributed by atoms with Gasteiger partial charge in [0.15, 0.2) is 5.96 Å². The van der Waals surface area contributed by atoms with E-state index in [4.69, 9.17) is 4.98 Å². The molecule has 2 N–H and O–H groups in total. The summed E-state index contributed by atoms with van der Waals surface area (Å²) in [6.07, 6.45) is 5.73. The van der Waals surface area contributed by atoms with Gasteiger partial charge in [0, 0.05) is 32.1 Å². The summed E-state index contributed by atoms with van der Waals surface area (Å²) >= 11 is 1.79. The van der Waals surface area contributed by atoms with Crippen molar-refractivity contribution >= 4 is 41.3 Å². The maximum Gasteiger partial charge on any atom is 0.190 e. The maximum absolute atomic E-state index is 4.71. The monoisotopic (exact) mass is 541 g/mol. The first-order valence-electron chi connectivity index (χ1n) is 10.9. The number of rotatable bonds is 9. The van der Waals surface area contributed by atoms with Crippen LogP contribution in [0.5, 0.6) is 0 Å². The van der Waals surface area contributed by atoms with Crippen molar-refractivity contribution < 1.29 is 0 Å². The molecule has 30 heavy (non-hydrogen) atoms. The first-order chi connectivity index (χ1) is 14.3. The highest BCUT2D eigenvalue weighted by molar-refractivity contribution is 14.0. The number of piperidine rings is 1. The second kappa shape index (κ2) is 14.0. The molecule has 3 rings (SSSR count). The van der Waals surface area contributed by atoms with Gasteiger partial charge in [0.05, 0.1) is 10.7 Å². The molecule has 0 atom stereocenters. The average Bonchev–Trinajstić information content (AvgIpc) is 3.22. The number of thiazole rings is 1. The van der Waals surface area contributed by atoms with Crippen LogP contribution < -0.4 is 10.6 Å². The number of aryl methyl sites for hydroxylation is 2. The third kappa shape index (κ3) is 8.51. The van der Waals surface area contributed by atoms with Crippen LogP contribution in [-0.2, 0) is 19.4 Å². The van der Waals surface area contributed by atoms with Gasteiger partial charge in [-0.3, -0.25) is 9.89 Å². The van der Waals surface area contributed by atoms with E-state index in [1.54, 1.807) is 11.3 Å². The Morgan fingerprint density at radius 1 is 1.20 bits per heavy atom. The minimum Gasteiger partial charge on any atom is -0.356 e. The Morgan fingerprint density at radius 3 is 2.63 bits per heavy atom. The van der Waals surface area contributed by atoms with Crippen molar-refractivity contribution in [2.75, 3.05) is 33.2 Å². The van der Waals surface area contributed by atoms with Crippen molar-refractivity contribution in [2.24, 2.45) is 10.9 Å². The minimum absolute atomic E-state index is 0. The summed E-state index contributed by atoms with van der Waals surface area (Å²) in [6.45, 7) is 7.45. The van der Waals surface area contributed by atoms with Crippen molar-refractivity contribution in [3.8, 4) is 0 Å². The normalized spacial score (nSPS) is 15.6. The molecule has 2 aromatic rings. The first-order valence-corrected chi connectivity index (χ1v) is 11.8. The summed E-state index contributed by atoms with van der Waals surface area (Å²) in [6, 6.07) is 10.7. The molecular weight excluding hydrogens is 505 g/mol. The molecule has 1 aromatic heterocycles. The van der Waals surface area contributed by atoms with E-state index in [1.807, 2.05) is 7.05 Å². The van der Waals surface area contributed by atoms with Crippen molar-refractivity contribution in [3.63, 3.8) is 0 Å². The molecule has 1 saturated heterocycles. The van der Waals surface area contributed by atoms with Gasteiger partial charge in [-0.1, -0.05) is 37.3 Å². The van der Waals surface area contributed by atoms with Gasteiger partial charge in [0.2, 0.25) is 0 Å². The largest absolute Gasteiger partial charge is 0.356 e. The van der Waals surface area contributed by atoms with Gasteiger partial charge < -0.3 is 10.6 Å². The van der Waals surface area contributed by atoms with Crippen LogP contribution in [0.4, 0.5) is 0 Å². The molecule has 0 saturated carbocycles. The topological polar surface area (TPSA) is 52.6 Å². The van der Waals surface area contributed by atoms with E-state index in [0.717, 1.165) is 63.9 Å². The lowest BCUT2D eigenvalue weighted by atomic mass is 9.97. The lowest BCUT2D eigenvalue weighted by Gasteiger charge is -2.31. The van der Waals surface area contributed by atoms with E-state index < -0.39 is 0 Å². The van der Waals surface area contributed by atoms with Crippen LogP contribution in [-0.4, -0.2) is 49.1 Å². The standard InChI is InChI=1S/C23H35N5S.HI/c1-3-22-27-21(18-29-22)17-28-14-11-20(12-15-28)16-26-23(24-2)25-13-7-10-19-8-5-4-6-9-19;/h4-6,8-9,18,20H,3,7,10-17H2,1-2H3,(H2,24,25,26);1H. The van der Waals surface area contributed by atoms with E-state index in [2.05, 4.69) is 63.2 Å². The van der Waals surface area contributed by atoms with Gasteiger partial charge in [-0.15, -0.1) is 35.3 Å². The minimum atomic E-state index is 0. The van der Waals surface area contributed by atoms with E-state index in [1.165, 1.54) is 29.1 Å². The Bertz CT molecular complexity index is 741. The summed E-state index contributed by atoms with van der Waals surface area (Å²) in [4.78, 5) is 11.6. The van der Waals surface area contributed by atoms with E-state index >= 15 is 0 Å². The lowest BCUT2D eigenvalue weighted by Crippen LogP contribution is -2.43. The molecule has 0 spiro atoms. The quantitative estimate of drug-likeness (QED) is 0.215. The summed E-state index contributed by atoms with van der Waals surface area (Å²) in [7, 11) is 1.85. The number of hydrogen-bond acceptors (Lipinski definition) is 4. The summed E-state index contributed by atoms with van der Waals surface area (Å²) in [5.41, 5.74) is 2.64. The number of aromatic nitrogens is 1. The molecule has 166 valence electrons. The van der Waals surface area contributed by atoms with Crippen LogP contribution in [0.3, 0.4) is 0 Å². The number of benzene rings is 1. The predicted octanol–water partition coefficient (Wildman–Crippen LogP) is 4.33. The fourth-order valence-corrected chi connectivity index (χ4v) is 4.50. The molecule has 0 unspecified atom stereocenters. The fraction of sp³-hybridized carbons (Fsp3) is 0.565. The zero-order valence-electron chi connectivity index (χ0n) is 18.3. The van der Waals surface area contributed by atoms with Crippen LogP contribution in [0.25, 0.3) is 0 Å². The van der Waals surface area contributed by atoms with Crippen LogP contribution in [0.1, 0.15) is 42.5 Å². The molecule has 2 heterocycles. The number of nitrogens with zero attached hydrogens (tertiary/aromatic N) is 3. The highest BCUT2D eigenvalue weighted by atomic mass is 127. The maximum atomic E-state index is 4.71. The molecule has 5 nitrogen and oxygen atoms in total. The molecular formula is C23H36IN5S. The zero-order valence-corrected chi connectivity index (χ0v) is 21.4. The van der Waals surface area contributed by atoms with Gasteiger partial charge in [-0.25, -0.2) is 4.98 Å².